The molecule has 2 fully saturated rings. The number of carbonyl (C=O) groups is 1. The average molecular weight is 380 g/mol. The summed E-state index contributed by atoms with van der Waals surface area (Å²) in [5, 5.41) is 12.6. The molecule has 28 heavy (non-hydrogen) atoms. The lowest BCUT2D eigenvalue weighted by Gasteiger charge is -2.36. The molecular formula is C22H24N2O4. The molecule has 0 amide bonds. The lowest BCUT2D eigenvalue weighted by Crippen LogP contribution is -2.64. The third kappa shape index (κ3) is 2.27. The van der Waals surface area contributed by atoms with Crippen LogP contribution >= 0.6 is 0 Å². The minimum absolute atomic E-state index is 0.247. The highest BCUT2D eigenvalue weighted by atomic mass is 16.6. The summed E-state index contributed by atoms with van der Waals surface area (Å²) in [6.07, 6.45) is 1.15. The first-order valence-electron chi connectivity index (χ1n) is 9.58. The molecule has 0 saturated carbocycles. The Kier molecular flexibility index (Phi) is 4.46. The first kappa shape index (κ1) is 18.6. The number of benzene rings is 2. The van der Waals surface area contributed by atoms with Crippen molar-refractivity contribution in [3.63, 3.8) is 0 Å². The van der Waals surface area contributed by atoms with Gasteiger partial charge in [0.2, 0.25) is 0 Å². The van der Waals surface area contributed by atoms with Gasteiger partial charge in [-0.1, -0.05) is 60.7 Å². The zero-order valence-electron chi connectivity index (χ0n) is 16.1. The Morgan fingerprint density at radius 1 is 1.11 bits per heavy atom. The van der Waals surface area contributed by atoms with Crippen molar-refractivity contribution >= 4 is 5.97 Å². The van der Waals surface area contributed by atoms with E-state index >= 15 is 0 Å². The molecule has 0 N–H and O–H groups in total. The molecule has 4 rings (SSSR count). The van der Waals surface area contributed by atoms with E-state index in [0.717, 1.165) is 17.5 Å². The van der Waals surface area contributed by atoms with Crippen molar-refractivity contribution < 1.29 is 14.5 Å². The van der Waals surface area contributed by atoms with Gasteiger partial charge in [0.25, 0.3) is 5.54 Å². The van der Waals surface area contributed by atoms with Crippen LogP contribution in [0.2, 0.25) is 0 Å². The molecule has 6 heteroatoms. The van der Waals surface area contributed by atoms with Gasteiger partial charge in [-0.05, 0) is 24.0 Å². The van der Waals surface area contributed by atoms with Crippen LogP contribution in [-0.2, 0) is 9.53 Å². The number of ether oxygens (including phenoxy) is 1. The fraction of sp³-hybridized carbons (Fsp3) is 0.409. The van der Waals surface area contributed by atoms with Gasteiger partial charge < -0.3 is 4.74 Å². The minimum Gasteiger partial charge on any atom is -0.467 e. The molecule has 2 heterocycles. The molecule has 2 aromatic carbocycles. The minimum atomic E-state index is -1.52. The van der Waals surface area contributed by atoms with Crippen LogP contribution in [0.4, 0.5) is 0 Å². The van der Waals surface area contributed by atoms with Crippen molar-refractivity contribution in [3.05, 3.63) is 81.9 Å². The second kappa shape index (κ2) is 6.71. The Morgan fingerprint density at radius 2 is 1.68 bits per heavy atom. The van der Waals surface area contributed by atoms with Gasteiger partial charge in [0.1, 0.15) is 0 Å². The first-order valence-corrected chi connectivity index (χ1v) is 9.58. The smallest absolute Gasteiger partial charge is 0.333 e. The molecule has 6 nitrogen and oxygen atoms in total. The highest BCUT2D eigenvalue weighted by Gasteiger charge is 2.79. The quantitative estimate of drug-likeness (QED) is 0.461. The summed E-state index contributed by atoms with van der Waals surface area (Å²) in [7, 11) is 1.32. The zero-order valence-corrected chi connectivity index (χ0v) is 16.1. The monoisotopic (exact) mass is 380 g/mol. The van der Waals surface area contributed by atoms with E-state index in [1.165, 1.54) is 7.11 Å². The van der Waals surface area contributed by atoms with E-state index in [2.05, 4.69) is 0 Å². The molecule has 0 aromatic heterocycles. The van der Waals surface area contributed by atoms with E-state index in [1.807, 2.05) is 65.6 Å². The maximum Gasteiger partial charge on any atom is 0.333 e. The van der Waals surface area contributed by atoms with E-state index < -0.39 is 23.0 Å². The zero-order chi connectivity index (χ0) is 19.9. The van der Waals surface area contributed by atoms with Crippen molar-refractivity contribution in [1.82, 2.24) is 4.90 Å². The second-order valence-electron chi connectivity index (χ2n) is 7.80. The fourth-order valence-electron chi connectivity index (χ4n) is 5.55. The van der Waals surface area contributed by atoms with Gasteiger partial charge in [0, 0.05) is 24.4 Å². The average Bonchev–Trinajstić information content (AvgIpc) is 3.25. The number of hydrogen-bond acceptors (Lipinski definition) is 5. The van der Waals surface area contributed by atoms with Gasteiger partial charge in [0.05, 0.1) is 13.0 Å². The van der Waals surface area contributed by atoms with Crippen molar-refractivity contribution in [3.8, 4) is 0 Å². The van der Waals surface area contributed by atoms with E-state index in [9.17, 15) is 14.9 Å². The Morgan fingerprint density at radius 3 is 2.21 bits per heavy atom. The Bertz CT molecular complexity index is 888. The van der Waals surface area contributed by atoms with Gasteiger partial charge in [-0.2, -0.15) is 0 Å². The maximum absolute atomic E-state index is 13.1. The standard InChI is InChI=1S/C22H24N2O4/c1-21(24(26)27)18(16-10-5-3-6-11-16)19(17-12-7-4-8-13-17)23-15-9-14-22(21,23)20(25)28-2/h3-8,10-13,18-19H,9,14-15H2,1-2H3/t18-,19-,21+,22-/m0/s1. The molecule has 0 radical (unpaired) electrons. The summed E-state index contributed by atoms with van der Waals surface area (Å²) >= 11 is 0. The first-order chi connectivity index (χ1) is 13.5. The van der Waals surface area contributed by atoms with Crippen molar-refractivity contribution in [1.29, 1.82) is 0 Å². The molecule has 146 valence electrons. The van der Waals surface area contributed by atoms with Crippen LogP contribution in [0.5, 0.6) is 0 Å². The predicted octanol–water partition coefficient (Wildman–Crippen LogP) is 3.57. The number of carbonyl (C=O) groups excluding carboxylic acids is 1. The van der Waals surface area contributed by atoms with Crippen LogP contribution in [0.25, 0.3) is 0 Å². The molecule has 4 atom stereocenters. The number of rotatable bonds is 4. The summed E-state index contributed by atoms with van der Waals surface area (Å²) in [4.78, 5) is 27.5. The van der Waals surface area contributed by atoms with Crippen molar-refractivity contribution in [2.75, 3.05) is 13.7 Å². The fourth-order valence-corrected chi connectivity index (χ4v) is 5.55. The summed E-state index contributed by atoms with van der Waals surface area (Å²) < 4.78 is 5.17. The largest absolute Gasteiger partial charge is 0.467 e. The molecule has 2 saturated heterocycles. The van der Waals surface area contributed by atoms with E-state index in [-0.39, 0.29) is 11.0 Å². The van der Waals surface area contributed by atoms with Crippen LogP contribution in [0.3, 0.4) is 0 Å². The lowest BCUT2D eigenvalue weighted by molar-refractivity contribution is -0.577. The van der Waals surface area contributed by atoms with Crippen molar-refractivity contribution in [2.45, 2.75) is 42.8 Å². The Hall–Kier alpha value is -2.73. The molecular weight excluding hydrogens is 356 g/mol. The van der Waals surface area contributed by atoms with Gasteiger partial charge >= 0.3 is 5.97 Å². The van der Waals surface area contributed by atoms with Gasteiger partial charge in [-0.3, -0.25) is 15.0 Å². The summed E-state index contributed by atoms with van der Waals surface area (Å²) in [6.45, 7) is 2.25. The van der Waals surface area contributed by atoms with Crippen molar-refractivity contribution in [2.24, 2.45) is 0 Å². The molecule has 0 unspecified atom stereocenters. The van der Waals surface area contributed by atoms with Crippen LogP contribution in [-0.4, -0.2) is 40.5 Å². The number of hydrogen-bond donors (Lipinski definition) is 0. The van der Waals surface area contributed by atoms with Crippen LogP contribution in [0.15, 0.2) is 60.7 Å². The lowest BCUT2D eigenvalue weighted by atomic mass is 9.68. The maximum atomic E-state index is 13.1. The molecule has 0 bridgehead atoms. The van der Waals surface area contributed by atoms with Crippen LogP contribution < -0.4 is 0 Å². The summed E-state index contributed by atoms with van der Waals surface area (Å²) in [5.74, 6) is -0.992. The van der Waals surface area contributed by atoms with Crippen LogP contribution in [0.1, 0.15) is 42.9 Å². The van der Waals surface area contributed by atoms with Gasteiger partial charge in [0.15, 0.2) is 5.54 Å². The normalized spacial score (nSPS) is 32.1. The third-order valence-electron chi connectivity index (χ3n) is 6.72. The van der Waals surface area contributed by atoms with Crippen LogP contribution in [0, 0.1) is 10.1 Å². The highest BCUT2D eigenvalue weighted by Crippen LogP contribution is 2.62. The van der Waals surface area contributed by atoms with E-state index in [4.69, 9.17) is 4.74 Å². The number of nitrogens with zero attached hydrogens (tertiary/aromatic N) is 2. The summed E-state index contributed by atoms with van der Waals surface area (Å²) in [5.41, 5.74) is -0.949. The predicted molar refractivity (Wildman–Crippen MR) is 104 cm³/mol. The van der Waals surface area contributed by atoms with E-state index in [1.54, 1.807) is 6.92 Å². The summed E-state index contributed by atoms with van der Waals surface area (Å²) in [6, 6.07) is 19.1. The third-order valence-corrected chi connectivity index (χ3v) is 6.72. The molecule has 0 aliphatic carbocycles. The second-order valence-corrected chi connectivity index (χ2v) is 7.80. The number of nitro groups is 1. The SMILES string of the molecule is COC(=O)[C@]12CCCN1[C@@H](c1ccccc1)[C@H](c1ccccc1)[C@@]2(C)[N+](=O)[O-]. The highest BCUT2D eigenvalue weighted by molar-refractivity contribution is 5.84. The number of fused-ring (bicyclic) bond motifs is 1. The number of methoxy groups -OCH3 is 1. The number of esters is 1. The molecule has 2 aliphatic heterocycles. The van der Waals surface area contributed by atoms with E-state index in [0.29, 0.717) is 13.0 Å². The van der Waals surface area contributed by atoms with Gasteiger partial charge in [-0.25, -0.2) is 4.79 Å². The van der Waals surface area contributed by atoms with Gasteiger partial charge in [-0.15, -0.1) is 0 Å². The molecule has 2 aromatic rings. The molecule has 0 spiro atoms. The Balaban J connectivity index is 2.02. The topological polar surface area (TPSA) is 72.7 Å². The Labute approximate surface area is 164 Å². The molecule has 2 aliphatic rings.